The molecule has 1 unspecified atom stereocenters. The second-order valence-electron chi connectivity index (χ2n) is 4.35. The summed E-state index contributed by atoms with van der Waals surface area (Å²) in [4.78, 5) is 15.7. The van der Waals surface area contributed by atoms with Crippen LogP contribution >= 0.6 is 0 Å². The third-order valence-electron chi connectivity index (χ3n) is 3.33. The second kappa shape index (κ2) is 3.87. The fourth-order valence-electron chi connectivity index (χ4n) is 2.03. The molecule has 0 saturated heterocycles. The summed E-state index contributed by atoms with van der Waals surface area (Å²) in [6.07, 6.45) is 3.66. The Morgan fingerprint density at radius 3 is 2.69 bits per heavy atom. The minimum absolute atomic E-state index is 0.242. The summed E-state index contributed by atoms with van der Waals surface area (Å²) in [5, 5.41) is 0. The number of carbonyl (C=O) groups is 1. The number of nitrogens with zero attached hydrogens (tertiary/aromatic N) is 1. The minimum atomic E-state index is -0.581. The van der Waals surface area contributed by atoms with Crippen molar-refractivity contribution in [3.8, 4) is 0 Å². The number of hydrogen-bond acceptors (Lipinski definition) is 4. The lowest BCUT2D eigenvalue weighted by molar-refractivity contribution is -0.143. The Bertz CT molecular complexity index is 396. The van der Waals surface area contributed by atoms with Crippen molar-refractivity contribution >= 4 is 5.97 Å². The summed E-state index contributed by atoms with van der Waals surface area (Å²) in [5.74, 6) is -0.349. The average molecular weight is 220 g/mol. The van der Waals surface area contributed by atoms with E-state index < -0.39 is 6.04 Å². The van der Waals surface area contributed by atoms with Gasteiger partial charge in [-0.2, -0.15) is 0 Å². The summed E-state index contributed by atoms with van der Waals surface area (Å²) >= 11 is 0. The number of ether oxygens (including phenoxy) is 1. The van der Waals surface area contributed by atoms with E-state index in [0.717, 1.165) is 24.1 Å². The van der Waals surface area contributed by atoms with Crippen molar-refractivity contribution in [1.82, 2.24) is 4.98 Å². The van der Waals surface area contributed by atoms with Gasteiger partial charge in [0.15, 0.2) is 0 Å². The number of aromatic nitrogens is 1. The predicted octanol–water partition coefficient (Wildman–Crippen LogP) is 0.922. The zero-order valence-corrected chi connectivity index (χ0v) is 9.56. The molecule has 1 aliphatic carbocycles. The van der Waals surface area contributed by atoms with Crippen LogP contribution in [0.3, 0.4) is 0 Å². The molecule has 2 N–H and O–H groups in total. The van der Waals surface area contributed by atoms with Gasteiger partial charge in [0.1, 0.15) is 6.04 Å². The van der Waals surface area contributed by atoms with Crippen LogP contribution in [0.4, 0.5) is 0 Å². The number of rotatable bonds is 3. The van der Waals surface area contributed by atoms with E-state index in [1.165, 1.54) is 7.11 Å². The standard InChI is InChI=1S/C12H16N2O2/c1-8-3-4-9(7-14-8)12(5-6-12)10(13)11(15)16-2/h3-4,7,10H,5-6,13H2,1-2H3. The third-order valence-corrected chi connectivity index (χ3v) is 3.33. The largest absolute Gasteiger partial charge is 0.468 e. The monoisotopic (exact) mass is 220 g/mol. The highest BCUT2D eigenvalue weighted by Crippen LogP contribution is 2.50. The van der Waals surface area contributed by atoms with Crippen LogP contribution in [0.2, 0.25) is 0 Å². The van der Waals surface area contributed by atoms with E-state index in [-0.39, 0.29) is 11.4 Å². The fraction of sp³-hybridized carbons (Fsp3) is 0.500. The molecule has 0 amide bonds. The Balaban J connectivity index is 2.26. The Hall–Kier alpha value is -1.42. The van der Waals surface area contributed by atoms with Gasteiger partial charge in [-0.3, -0.25) is 9.78 Å². The molecule has 2 rings (SSSR count). The van der Waals surface area contributed by atoms with Gasteiger partial charge >= 0.3 is 5.97 Å². The van der Waals surface area contributed by atoms with Crippen molar-refractivity contribution in [3.05, 3.63) is 29.6 Å². The average Bonchev–Trinajstić information content (AvgIpc) is 3.09. The number of hydrogen-bond donors (Lipinski definition) is 1. The normalized spacial score (nSPS) is 18.9. The first-order chi connectivity index (χ1) is 7.60. The zero-order chi connectivity index (χ0) is 11.8. The first-order valence-electron chi connectivity index (χ1n) is 5.37. The number of pyridine rings is 1. The molecule has 1 saturated carbocycles. The summed E-state index contributed by atoms with van der Waals surface area (Å²) < 4.78 is 4.70. The first-order valence-corrected chi connectivity index (χ1v) is 5.37. The molecule has 16 heavy (non-hydrogen) atoms. The van der Waals surface area contributed by atoms with Crippen molar-refractivity contribution in [2.24, 2.45) is 5.73 Å². The van der Waals surface area contributed by atoms with E-state index in [2.05, 4.69) is 4.98 Å². The van der Waals surface area contributed by atoms with Gasteiger partial charge in [0.2, 0.25) is 0 Å². The lowest BCUT2D eigenvalue weighted by Crippen LogP contribution is -2.42. The maximum absolute atomic E-state index is 11.5. The van der Waals surface area contributed by atoms with Crippen molar-refractivity contribution < 1.29 is 9.53 Å². The Labute approximate surface area is 94.8 Å². The molecule has 4 nitrogen and oxygen atoms in total. The third kappa shape index (κ3) is 1.69. The van der Waals surface area contributed by atoms with Gasteiger partial charge in [-0.05, 0) is 31.4 Å². The van der Waals surface area contributed by atoms with Gasteiger partial charge in [0.05, 0.1) is 7.11 Å². The summed E-state index contributed by atoms with van der Waals surface area (Å²) in [6, 6.07) is 3.36. The molecular weight excluding hydrogens is 204 g/mol. The van der Waals surface area contributed by atoms with Gasteiger partial charge < -0.3 is 10.5 Å². The maximum atomic E-state index is 11.5. The molecule has 1 fully saturated rings. The number of aryl methyl sites for hydroxylation is 1. The molecule has 86 valence electrons. The second-order valence-corrected chi connectivity index (χ2v) is 4.35. The van der Waals surface area contributed by atoms with Crippen molar-refractivity contribution in [2.45, 2.75) is 31.2 Å². The van der Waals surface area contributed by atoms with Gasteiger partial charge in [0.25, 0.3) is 0 Å². The Morgan fingerprint density at radius 2 is 2.25 bits per heavy atom. The highest BCUT2D eigenvalue weighted by atomic mass is 16.5. The van der Waals surface area contributed by atoms with Crippen molar-refractivity contribution in [1.29, 1.82) is 0 Å². The molecule has 4 heteroatoms. The number of esters is 1. The zero-order valence-electron chi connectivity index (χ0n) is 9.56. The molecule has 0 bridgehead atoms. The van der Waals surface area contributed by atoms with Crippen molar-refractivity contribution in [3.63, 3.8) is 0 Å². The predicted molar refractivity (Wildman–Crippen MR) is 59.9 cm³/mol. The van der Waals surface area contributed by atoms with Crippen LogP contribution < -0.4 is 5.73 Å². The van der Waals surface area contributed by atoms with E-state index in [4.69, 9.17) is 10.5 Å². The number of carbonyl (C=O) groups excluding carboxylic acids is 1. The van der Waals surface area contributed by atoms with Crippen LogP contribution in [-0.4, -0.2) is 24.1 Å². The van der Waals surface area contributed by atoms with Crippen LogP contribution in [0.25, 0.3) is 0 Å². The Kier molecular flexibility index (Phi) is 2.68. The van der Waals surface area contributed by atoms with Gasteiger partial charge in [-0.25, -0.2) is 0 Å². The van der Waals surface area contributed by atoms with E-state index >= 15 is 0 Å². The van der Waals surface area contributed by atoms with Crippen LogP contribution in [0.15, 0.2) is 18.3 Å². The highest BCUT2D eigenvalue weighted by Gasteiger charge is 2.52. The van der Waals surface area contributed by atoms with Crippen LogP contribution in [-0.2, 0) is 14.9 Å². The van der Waals surface area contributed by atoms with Gasteiger partial charge in [0, 0.05) is 17.3 Å². The van der Waals surface area contributed by atoms with Crippen LogP contribution in [0.5, 0.6) is 0 Å². The number of nitrogens with two attached hydrogens (primary N) is 1. The van der Waals surface area contributed by atoms with E-state index in [1.807, 2.05) is 25.3 Å². The quantitative estimate of drug-likeness (QED) is 0.769. The molecule has 0 radical (unpaired) electrons. The van der Waals surface area contributed by atoms with E-state index in [9.17, 15) is 4.79 Å². The van der Waals surface area contributed by atoms with Crippen molar-refractivity contribution in [2.75, 3.05) is 7.11 Å². The van der Waals surface area contributed by atoms with Gasteiger partial charge in [-0.1, -0.05) is 6.07 Å². The molecule has 0 aliphatic heterocycles. The van der Waals surface area contributed by atoms with Crippen LogP contribution in [0.1, 0.15) is 24.1 Å². The SMILES string of the molecule is COC(=O)C(N)C1(c2ccc(C)nc2)CC1. The summed E-state index contributed by atoms with van der Waals surface area (Å²) in [7, 11) is 1.37. The first kappa shape index (κ1) is 11.1. The lowest BCUT2D eigenvalue weighted by atomic mass is 9.89. The smallest absolute Gasteiger partial charge is 0.323 e. The number of methoxy groups -OCH3 is 1. The van der Waals surface area contributed by atoms with E-state index in [1.54, 1.807) is 0 Å². The van der Waals surface area contributed by atoms with Crippen LogP contribution in [0, 0.1) is 6.92 Å². The molecule has 0 spiro atoms. The van der Waals surface area contributed by atoms with E-state index in [0.29, 0.717) is 0 Å². The molecule has 1 aromatic rings. The molecule has 0 aromatic carbocycles. The Morgan fingerprint density at radius 1 is 1.56 bits per heavy atom. The molecule has 1 aliphatic rings. The topological polar surface area (TPSA) is 65.2 Å². The summed E-state index contributed by atoms with van der Waals surface area (Å²) in [5.41, 5.74) is 7.70. The maximum Gasteiger partial charge on any atom is 0.323 e. The molecule has 1 aromatic heterocycles. The van der Waals surface area contributed by atoms with Gasteiger partial charge in [-0.15, -0.1) is 0 Å². The minimum Gasteiger partial charge on any atom is -0.468 e. The summed E-state index contributed by atoms with van der Waals surface area (Å²) in [6.45, 7) is 1.93. The lowest BCUT2D eigenvalue weighted by Gasteiger charge is -2.21. The molecule has 1 heterocycles. The molecular formula is C12H16N2O2. The highest BCUT2D eigenvalue weighted by molar-refractivity contribution is 5.78. The fourth-order valence-corrected chi connectivity index (χ4v) is 2.03. The molecule has 1 atom stereocenters.